The van der Waals surface area contributed by atoms with E-state index in [1.807, 2.05) is 18.4 Å². The number of hydrogen-bond donors (Lipinski definition) is 1. The Hall–Kier alpha value is -1.63. The van der Waals surface area contributed by atoms with Gasteiger partial charge in [0, 0.05) is 10.6 Å². The number of nitrogens with zero attached hydrogens (tertiary/aromatic N) is 2. The number of rotatable bonds is 4. The summed E-state index contributed by atoms with van der Waals surface area (Å²) in [6, 6.07) is 8.75. The molecule has 0 amide bonds. The third kappa shape index (κ3) is 3.09. The van der Waals surface area contributed by atoms with Crippen molar-refractivity contribution >= 4 is 56.5 Å². The van der Waals surface area contributed by atoms with Crippen LogP contribution in [0.25, 0.3) is 10.2 Å². The molecule has 0 bridgehead atoms. The molecular weight excluding hydrogens is 338 g/mol. The van der Waals surface area contributed by atoms with Crippen LogP contribution in [0.2, 0.25) is 5.02 Å². The number of thioether (sulfide) groups is 1. The van der Waals surface area contributed by atoms with Crippen molar-refractivity contribution in [1.82, 2.24) is 9.97 Å². The third-order valence-corrected chi connectivity index (χ3v) is 5.13. The zero-order valence-corrected chi connectivity index (χ0v) is 14.0. The normalized spacial score (nSPS) is 12.5. The van der Waals surface area contributed by atoms with Crippen LogP contribution in [0, 0.1) is 0 Å². The molecule has 0 aliphatic rings. The smallest absolute Gasteiger partial charge is 0.191 e. The highest BCUT2D eigenvalue weighted by atomic mass is 35.5. The van der Waals surface area contributed by atoms with Gasteiger partial charge in [-0.25, -0.2) is 9.97 Å². The Bertz CT molecular complexity index is 832. The number of anilines is 1. The molecule has 0 saturated heterocycles. The number of carbonyl (C=O) groups excluding carboxylic acids is 1. The van der Waals surface area contributed by atoms with Crippen molar-refractivity contribution in [3.8, 4) is 0 Å². The number of benzene rings is 1. The number of carbonyl (C=O) groups is 1. The molecule has 0 fully saturated rings. The van der Waals surface area contributed by atoms with Crippen LogP contribution in [-0.2, 0) is 0 Å². The molecule has 1 atom stereocenters. The molecule has 4 nitrogen and oxygen atoms in total. The van der Waals surface area contributed by atoms with Crippen molar-refractivity contribution in [2.75, 3.05) is 5.73 Å². The second-order valence-corrected chi connectivity index (χ2v) is 7.30. The number of hydrogen-bond acceptors (Lipinski definition) is 6. The molecule has 0 radical (unpaired) electrons. The van der Waals surface area contributed by atoms with E-state index in [0.717, 1.165) is 10.2 Å². The van der Waals surface area contributed by atoms with Crippen LogP contribution in [0.15, 0.2) is 40.9 Å². The maximum Gasteiger partial charge on any atom is 0.191 e. The minimum Gasteiger partial charge on any atom is -0.383 e. The Kier molecular flexibility index (Phi) is 4.33. The zero-order chi connectivity index (χ0) is 15.7. The minimum atomic E-state index is -0.307. The molecule has 2 N–H and O–H groups in total. The first kappa shape index (κ1) is 15.3. The standard InChI is InChI=1S/C15H12ClN3OS2/c1-8(12(20)9-2-4-10(16)5-3-9)22-15-18-13(17)11-6-7-21-14(11)19-15/h2-8H,1H3,(H2,17,18,19). The number of halogens is 1. The summed E-state index contributed by atoms with van der Waals surface area (Å²) in [5.41, 5.74) is 6.54. The van der Waals surface area contributed by atoms with E-state index in [1.54, 1.807) is 24.3 Å². The van der Waals surface area contributed by atoms with Crippen molar-refractivity contribution in [1.29, 1.82) is 0 Å². The molecule has 0 aliphatic carbocycles. The highest BCUT2D eigenvalue weighted by Crippen LogP contribution is 2.29. The molecule has 22 heavy (non-hydrogen) atoms. The van der Waals surface area contributed by atoms with Crippen LogP contribution in [-0.4, -0.2) is 21.0 Å². The topological polar surface area (TPSA) is 68.9 Å². The Labute approximate surface area is 140 Å². The summed E-state index contributed by atoms with van der Waals surface area (Å²) in [6.45, 7) is 1.83. The summed E-state index contributed by atoms with van der Waals surface area (Å²) in [5.74, 6) is 0.454. The quantitative estimate of drug-likeness (QED) is 0.432. The van der Waals surface area contributed by atoms with Crippen LogP contribution >= 0.6 is 34.7 Å². The largest absolute Gasteiger partial charge is 0.383 e. The van der Waals surface area contributed by atoms with E-state index in [1.165, 1.54) is 23.1 Å². The fraction of sp³-hybridized carbons (Fsp3) is 0.133. The predicted molar refractivity (Wildman–Crippen MR) is 92.9 cm³/mol. The van der Waals surface area contributed by atoms with Crippen LogP contribution in [0.1, 0.15) is 17.3 Å². The van der Waals surface area contributed by atoms with Crippen LogP contribution in [0.3, 0.4) is 0 Å². The van der Waals surface area contributed by atoms with E-state index < -0.39 is 0 Å². The molecule has 3 aromatic rings. The highest BCUT2D eigenvalue weighted by molar-refractivity contribution is 8.00. The van der Waals surface area contributed by atoms with Crippen molar-refractivity contribution in [2.45, 2.75) is 17.3 Å². The van der Waals surface area contributed by atoms with Crippen LogP contribution in [0.5, 0.6) is 0 Å². The summed E-state index contributed by atoms with van der Waals surface area (Å²) in [5, 5.41) is 3.59. The molecule has 1 aromatic carbocycles. The summed E-state index contributed by atoms with van der Waals surface area (Å²) in [7, 11) is 0. The average molecular weight is 350 g/mol. The number of fused-ring (bicyclic) bond motifs is 1. The Morgan fingerprint density at radius 3 is 2.73 bits per heavy atom. The maximum absolute atomic E-state index is 12.4. The van der Waals surface area contributed by atoms with Crippen LogP contribution in [0.4, 0.5) is 5.82 Å². The zero-order valence-electron chi connectivity index (χ0n) is 11.6. The van der Waals surface area contributed by atoms with Gasteiger partial charge in [-0.05, 0) is 42.6 Å². The highest BCUT2D eigenvalue weighted by Gasteiger charge is 2.19. The third-order valence-electron chi connectivity index (χ3n) is 3.11. The Morgan fingerprint density at radius 1 is 1.27 bits per heavy atom. The van der Waals surface area contributed by atoms with Gasteiger partial charge in [-0.3, -0.25) is 4.79 Å². The van der Waals surface area contributed by atoms with Gasteiger partial charge in [-0.1, -0.05) is 23.4 Å². The summed E-state index contributed by atoms with van der Waals surface area (Å²) >= 11 is 8.65. The Morgan fingerprint density at radius 2 is 2.00 bits per heavy atom. The van der Waals surface area contributed by atoms with E-state index in [0.29, 0.717) is 21.6 Å². The van der Waals surface area contributed by atoms with Gasteiger partial charge in [0.2, 0.25) is 0 Å². The van der Waals surface area contributed by atoms with E-state index in [9.17, 15) is 4.79 Å². The minimum absolute atomic E-state index is 0.00937. The van der Waals surface area contributed by atoms with E-state index in [-0.39, 0.29) is 11.0 Å². The van der Waals surface area contributed by atoms with Gasteiger partial charge in [0.25, 0.3) is 0 Å². The lowest BCUT2D eigenvalue weighted by molar-refractivity contribution is 0.0994. The predicted octanol–water partition coefficient (Wildman–Crippen LogP) is 4.29. The van der Waals surface area contributed by atoms with E-state index in [2.05, 4.69) is 9.97 Å². The first-order valence-corrected chi connectivity index (χ1v) is 8.65. The second kappa shape index (κ2) is 6.24. The molecule has 1 unspecified atom stereocenters. The summed E-state index contributed by atoms with van der Waals surface area (Å²) in [6.07, 6.45) is 0. The fourth-order valence-electron chi connectivity index (χ4n) is 1.97. The lowest BCUT2D eigenvalue weighted by Gasteiger charge is -2.09. The molecule has 2 aromatic heterocycles. The van der Waals surface area contributed by atoms with Gasteiger partial charge in [-0.15, -0.1) is 11.3 Å². The van der Waals surface area contributed by atoms with Crippen molar-refractivity contribution in [2.24, 2.45) is 0 Å². The first-order valence-electron chi connectivity index (χ1n) is 6.52. The lowest BCUT2D eigenvalue weighted by atomic mass is 10.1. The van der Waals surface area contributed by atoms with Crippen molar-refractivity contribution in [3.05, 3.63) is 46.3 Å². The van der Waals surface area contributed by atoms with Crippen LogP contribution < -0.4 is 5.73 Å². The summed E-state index contributed by atoms with van der Waals surface area (Å²) in [4.78, 5) is 22.0. The van der Waals surface area contributed by atoms with Crippen molar-refractivity contribution < 1.29 is 4.79 Å². The van der Waals surface area contributed by atoms with Gasteiger partial charge >= 0.3 is 0 Å². The maximum atomic E-state index is 12.4. The van der Waals surface area contributed by atoms with Gasteiger partial charge in [0.15, 0.2) is 10.9 Å². The molecule has 0 aliphatic heterocycles. The number of nitrogen functional groups attached to an aromatic ring is 1. The van der Waals surface area contributed by atoms with Gasteiger partial charge in [-0.2, -0.15) is 0 Å². The average Bonchev–Trinajstić information content (AvgIpc) is 2.96. The number of nitrogens with two attached hydrogens (primary N) is 1. The fourth-order valence-corrected chi connectivity index (χ4v) is 3.78. The number of aromatic nitrogens is 2. The lowest BCUT2D eigenvalue weighted by Crippen LogP contribution is -2.14. The molecule has 2 heterocycles. The molecule has 3 rings (SSSR count). The van der Waals surface area contributed by atoms with Gasteiger partial charge in [0.1, 0.15) is 10.6 Å². The van der Waals surface area contributed by atoms with Gasteiger partial charge in [0.05, 0.1) is 10.6 Å². The van der Waals surface area contributed by atoms with E-state index >= 15 is 0 Å². The van der Waals surface area contributed by atoms with Crippen molar-refractivity contribution in [3.63, 3.8) is 0 Å². The molecule has 0 spiro atoms. The first-order chi connectivity index (χ1) is 10.5. The molecule has 112 valence electrons. The number of ketones is 1. The number of thiophene rings is 1. The molecular formula is C15H12ClN3OS2. The summed E-state index contributed by atoms with van der Waals surface area (Å²) < 4.78 is 0. The molecule has 7 heteroatoms. The second-order valence-electron chi connectivity index (χ2n) is 4.66. The number of Topliss-reactive ketones (excluding diaryl/α,β-unsaturated/α-hetero) is 1. The SMILES string of the molecule is CC(Sc1nc(N)c2ccsc2n1)C(=O)c1ccc(Cl)cc1. The molecule has 0 saturated carbocycles. The Balaban J connectivity index is 1.81. The van der Waals surface area contributed by atoms with E-state index in [4.69, 9.17) is 17.3 Å². The van der Waals surface area contributed by atoms with Gasteiger partial charge < -0.3 is 5.73 Å². The monoisotopic (exact) mass is 349 g/mol.